The summed E-state index contributed by atoms with van der Waals surface area (Å²) < 4.78 is 1.18. The number of thiazole rings is 1. The summed E-state index contributed by atoms with van der Waals surface area (Å²) in [5.41, 5.74) is 11.1. The van der Waals surface area contributed by atoms with Crippen LogP contribution in [-0.2, 0) is 0 Å². The van der Waals surface area contributed by atoms with Crippen molar-refractivity contribution in [2.45, 2.75) is 32.2 Å². The van der Waals surface area contributed by atoms with E-state index in [4.69, 9.17) is 5.73 Å². The quantitative estimate of drug-likeness (QED) is 0.843. The van der Waals surface area contributed by atoms with Crippen molar-refractivity contribution in [1.82, 2.24) is 4.98 Å². The summed E-state index contributed by atoms with van der Waals surface area (Å²) in [6.45, 7) is 3.30. The molecule has 0 spiro atoms. The Morgan fingerprint density at radius 2 is 2.29 bits per heavy atom. The second kappa shape index (κ2) is 4.18. The SMILES string of the molecule is CCCN(c1ccc2scnc2c1N)C1CC1. The zero-order valence-electron chi connectivity index (χ0n) is 10.0. The Balaban J connectivity index is 2.05. The maximum atomic E-state index is 6.26. The van der Waals surface area contributed by atoms with Crippen LogP contribution in [-0.4, -0.2) is 17.6 Å². The molecule has 0 radical (unpaired) electrons. The minimum Gasteiger partial charge on any atom is -0.395 e. The fourth-order valence-electron chi connectivity index (χ4n) is 2.32. The van der Waals surface area contributed by atoms with Gasteiger partial charge in [-0.25, -0.2) is 4.98 Å². The summed E-state index contributed by atoms with van der Waals surface area (Å²) in [7, 11) is 0. The topological polar surface area (TPSA) is 42.2 Å². The van der Waals surface area contributed by atoms with Crippen LogP contribution >= 0.6 is 11.3 Å². The van der Waals surface area contributed by atoms with E-state index in [0.29, 0.717) is 6.04 Å². The third-order valence-electron chi connectivity index (χ3n) is 3.28. The van der Waals surface area contributed by atoms with Crippen LogP contribution in [0, 0.1) is 0 Å². The van der Waals surface area contributed by atoms with E-state index in [0.717, 1.165) is 24.2 Å². The Bertz CT molecular complexity index is 530. The molecule has 2 aromatic rings. The molecule has 0 saturated heterocycles. The number of anilines is 2. The summed E-state index contributed by atoms with van der Waals surface area (Å²) >= 11 is 1.65. The first-order valence-corrected chi connectivity index (χ1v) is 7.07. The van der Waals surface area contributed by atoms with Crippen molar-refractivity contribution in [3.63, 3.8) is 0 Å². The fourth-order valence-corrected chi connectivity index (χ4v) is 3.01. The van der Waals surface area contributed by atoms with Gasteiger partial charge in [0, 0.05) is 12.6 Å². The van der Waals surface area contributed by atoms with Gasteiger partial charge in [-0.2, -0.15) is 0 Å². The summed E-state index contributed by atoms with van der Waals surface area (Å²) in [6, 6.07) is 5.00. The number of nitrogens with two attached hydrogens (primary N) is 1. The maximum Gasteiger partial charge on any atom is 0.106 e. The number of hydrogen-bond donors (Lipinski definition) is 1. The largest absolute Gasteiger partial charge is 0.395 e. The predicted octanol–water partition coefficient (Wildman–Crippen LogP) is 3.26. The van der Waals surface area contributed by atoms with Crippen LogP contribution in [0.1, 0.15) is 26.2 Å². The molecule has 90 valence electrons. The normalized spacial score (nSPS) is 15.4. The van der Waals surface area contributed by atoms with Gasteiger partial charge in [-0.05, 0) is 31.4 Å². The molecule has 1 fully saturated rings. The molecule has 1 aliphatic carbocycles. The van der Waals surface area contributed by atoms with Gasteiger partial charge in [0.1, 0.15) is 5.52 Å². The molecule has 0 atom stereocenters. The van der Waals surface area contributed by atoms with Crippen molar-refractivity contribution in [2.75, 3.05) is 17.2 Å². The first-order valence-electron chi connectivity index (χ1n) is 6.19. The molecule has 1 aliphatic rings. The highest BCUT2D eigenvalue weighted by molar-refractivity contribution is 7.16. The van der Waals surface area contributed by atoms with Crippen molar-refractivity contribution >= 4 is 32.9 Å². The standard InChI is InChI=1S/C13H17N3S/c1-2-7-16(9-3-4-9)10-5-6-11-13(12(10)14)15-8-17-11/h5-6,8-9H,2-4,7,14H2,1H3. The Kier molecular flexibility index (Phi) is 2.67. The van der Waals surface area contributed by atoms with Gasteiger partial charge in [0.15, 0.2) is 0 Å². The second-order valence-corrected chi connectivity index (χ2v) is 5.51. The summed E-state index contributed by atoms with van der Waals surface area (Å²) in [6.07, 6.45) is 3.76. The Labute approximate surface area is 105 Å². The molecule has 1 heterocycles. The average Bonchev–Trinajstić information content (AvgIpc) is 3.05. The number of benzene rings is 1. The van der Waals surface area contributed by atoms with E-state index in [1.54, 1.807) is 11.3 Å². The Morgan fingerprint density at radius 1 is 1.47 bits per heavy atom. The summed E-state index contributed by atoms with van der Waals surface area (Å²) in [4.78, 5) is 6.82. The van der Waals surface area contributed by atoms with Crippen molar-refractivity contribution in [2.24, 2.45) is 0 Å². The molecule has 0 unspecified atom stereocenters. The third-order valence-corrected chi connectivity index (χ3v) is 4.07. The van der Waals surface area contributed by atoms with Gasteiger partial charge >= 0.3 is 0 Å². The Hall–Kier alpha value is -1.29. The smallest absolute Gasteiger partial charge is 0.106 e. The number of hydrogen-bond acceptors (Lipinski definition) is 4. The van der Waals surface area contributed by atoms with Crippen LogP contribution in [0.15, 0.2) is 17.6 Å². The van der Waals surface area contributed by atoms with Crippen molar-refractivity contribution < 1.29 is 0 Å². The van der Waals surface area contributed by atoms with Crippen LogP contribution in [0.3, 0.4) is 0 Å². The third kappa shape index (κ3) is 1.86. The van der Waals surface area contributed by atoms with Crippen LogP contribution in [0.4, 0.5) is 11.4 Å². The van der Waals surface area contributed by atoms with E-state index in [-0.39, 0.29) is 0 Å². The molecule has 3 nitrogen and oxygen atoms in total. The molecule has 4 heteroatoms. The highest BCUT2D eigenvalue weighted by Gasteiger charge is 2.30. The molecule has 1 aromatic heterocycles. The number of rotatable bonds is 4. The van der Waals surface area contributed by atoms with E-state index in [2.05, 4.69) is 28.9 Å². The van der Waals surface area contributed by atoms with Gasteiger partial charge in [0.05, 0.1) is 21.6 Å². The van der Waals surface area contributed by atoms with Crippen molar-refractivity contribution in [1.29, 1.82) is 0 Å². The molecular formula is C13H17N3S. The van der Waals surface area contributed by atoms with Gasteiger partial charge in [0.2, 0.25) is 0 Å². The fraction of sp³-hybridized carbons (Fsp3) is 0.462. The first-order chi connectivity index (χ1) is 8.31. The minimum absolute atomic E-state index is 0.702. The van der Waals surface area contributed by atoms with E-state index in [9.17, 15) is 0 Å². The van der Waals surface area contributed by atoms with Gasteiger partial charge in [-0.15, -0.1) is 11.3 Å². The van der Waals surface area contributed by atoms with E-state index in [1.807, 2.05) is 5.51 Å². The number of nitrogen functional groups attached to an aromatic ring is 1. The highest BCUT2D eigenvalue weighted by atomic mass is 32.1. The van der Waals surface area contributed by atoms with E-state index >= 15 is 0 Å². The molecule has 2 N–H and O–H groups in total. The van der Waals surface area contributed by atoms with E-state index in [1.165, 1.54) is 23.2 Å². The van der Waals surface area contributed by atoms with Gasteiger partial charge in [-0.1, -0.05) is 6.92 Å². The Morgan fingerprint density at radius 3 is 3.00 bits per heavy atom. The lowest BCUT2D eigenvalue weighted by molar-refractivity contribution is 0.764. The van der Waals surface area contributed by atoms with Gasteiger partial charge < -0.3 is 10.6 Å². The monoisotopic (exact) mass is 247 g/mol. The first kappa shape index (κ1) is 10.8. The lowest BCUT2D eigenvalue weighted by atomic mass is 10.2. The minimum atomic E-state index is 0.702. The lowest BCUT2D eigenvalue weighted by Crippen LogP contribution is -2.27. The van der Waals surface area contributed by atoms with Crippen LogP contribution in [0.2, 0.25) is 0 Å². The molecule has 1 aromatic carbocycles. The number of aromatic nitrogens is 1. The molecular weight excluding hydrogens is 230 g/mol. The summed E-state index contributed by atoms with van der Waals surface area (Å²) in [5.74, 6) is 0. The van der Waals surface area contributed by atoms with Crippen LogP contribution in [0.5, 0.6) is 0 Å². The maximum absolute atomic E-state index is 6.26. The molecule has 0 aliphatic heterocycles. The summed E-state index contributed by atoms with van der Waals surface area (Å²) in [5, 5.41) is 0. The molecule has 3 rings (SSSR count). The highest BCUT2D eigenvalue weighted by Crippen LogP contribution is 2.38. The zero-order chi connectivity index (χ0) is 11.8. The van der Waals surface area contributed by atoms with Crippen molar-refractivity contribution in [3.05, 3.63) is 17.6 Å². The van der Waals surface area contributed by atoms with E-state index < -0.39 is 0 Å². The van der Waals surface area contributed by atoms with Crippen LogP contribution in [0.25, 0.3) is 10.2 Å². The second-order valence-electron chi connectivity index (χ2n) is 4.62. The molecule has 17 heavy (non-hydrogen) atoms. The molecule has 0 amide bonds. The van der Waals surface area contributed by atoms with Crippen molar-refractivity contribution in [3.8, 4) is 0 Å². The number of nitrogens with zero attached hydrogens (tertiary/aromatic N) is 2. The molecule has 1 saturated carbocycles. The lowest BCUT2D eigenvalue weighted by Gasteiger charge is -2.25. The number of fused-ring (bicyclic) bond motifs is 1. The van der Waals surface area contributed by atoms with Crippen LogP contribution < -0.4 is 10.6 Å². The predicted molar refractivity (Wildman–Crippen MR) is 74.7 cm³/mol. The average molecular weight is 247 g/mol. The van der Waals surface area contributed by atoms with Gasteiger partial charge in [-0.3, -0.25) is 0 Å². The zero-order valence-corrected chi connectivity index (χ0v) is 10.8. The van der Waals surface area contributed by atoms with Gasteiger partial charge in [0.25, 0.3) is 0 Å². The molecule has 0 bridgehead atoms.